The molecule has 25 heavy (non-hydrogen) atoms. The number of thiophene rings is 2. The van der Waals surface area contributed by atoms with Crippen LogP contribution in [0.3, 0.4) is 0 Å². The van der Waals surface area contributed by atoms with Crippen molar-refractivity contribution in [3.05, 3.63) is 35.0 Å². The second-order valence-electron chi connectivity index (χ2n) is 5.74. The quantitative estimate of drug-likeness (QED) is 0.706. The van der Waals surface area contributed by atoms with E-state index in [1.807, 2.05) is 35.0 Å². The lowest BCUT2D eigenvalue weighted by molar-refractivity contribution is -0.119. The maximum Gasteiger partial charge on any atom is 0.230 e. The van der Waals surface area contributed by atoms with Crippen molar-refractivity contribution in [2.75, 3.05) is 16.8 Å². The number of nitrogens with one attached hydrogen (secondary N) is 1. The van der Waals surface area contributed by atoms with Gasteiger partial charge in [0.2, 0.25) is 5.91 Å². The zero-order chi connectivity index (χ0) is 17.4. The summed E-state index contributed by atoms with van der Waals surface area (Å²) in [5.74, 6) is -0.724. The Morgan fingerprint density at radius 2 is 1.88 bits per heavy atom. The molecule has 130 valence electrons. The Hall–Kier alpha value is -1.55. The SMILES string of the molecule is O=C(Nc1nc(-c2cccs2)c(-c2cccs2)s1)C1CCS(=O)(=O)C1. The maximum atomic E-state index is 12.4. The van der Waals surface area contributed by atoms with E-state index in [-0.39, 0.29) is 17.4 Å². The second-order valence-corrected chi connectivity index (χ2v) is 10.9. The molecule has 0 aliphatic carbocycles. The molecule has 1 N–H and O–H groups in total. The van der Waals surface area contributed by atoms with E-state index >= 15 is 0 Å². The molecule has 0 saturated carbocycles. The first kappa shape index (κ1) is 16.9. The zero-order valence-corrected chi connectivity index (χ0v) is 16.2. The number of sulfone groups is 1. The van der Waals surface area contributed by atoms with Crippen LogP contribution in [0.4, 0.5) is 5.13 Å². The summed E-state index contributed by atoms with van der Waals surface area (Å²) in [6.45, 7) is 0. The van der Waals surface area contributed by atoms with Gasteiger partial charge in [-0.15, -0.1) is 22.7 Å². The van der Waals surface area contributed by atoms with Crippen LogP contribution >= 0.6 is 34.0 Å². The lowest BCUT2D eigenvalue weighted by Gasteiger charge is -2.06. The fourth-order valence-corrected chi connectivity index (χ4v) is 7.10. The summed E-state index contributed by atoms with van der Waals surface area (Å²) in [4.78, 5) is 20.2. The van der Waals surface area contributed by atoms with Crippen LogP contribution in [0.5, 0.6) is 0 Å². The Labute approximate surface area is 157 Å². The standard InChI is InChI=1S/C16H14N2O3S4/c19-15(10-5-8-25(20,21)9-10)18-16-17-13(11-3-1-6-22-11)14(24-16)12-4-2-7-23-12/h1-4,6-7,10H,5,8-9H2,(H,17,18,19). The van der Waals surface area contributed by atoms with Gasteiger partial charge < -0.3 is 5.32 Å². The molecule has 1 atom stereocenters. The van der Waals surface area contributed by atoms with Crippen molar-refractivity contribution in [1.29, 1.82) is 0 Å². The average Bonchev–Trinajstić information content (AvgIpc) is 3.33. The number of carbonyl (C=O) groups excluding carboxylic acids is 1. The predicted octanol–water partition coefficient (Wildman–Crippen LogP) is 3.97. The molecule has 1 amide bonds. The highest BCUT2D eigenvalue weighted by atomic mass is 32.2. The van der Waals surface area contributed by atoms with E-state index in [1.54, 1.807) is 22.7 Å². The van der Waals surface area contributed by atoms with Gasteiger partial charge in [-0.3, -0.25) is 4.79 Å². The lowest BCUT2D eigenvalue weighted by Crippen LogP contribution is -2.23. The van der Waals surface area contributed by atoms with E-state index in [9.17, 15) is 13.2 Å². The van der Waals surface area contributed by atoms with Crippen LogP contribution < -0.4 is 5.32 Å². The first-order chi connectivity index (χ1) is 12.0. The summed E-state index contributed by atoms with van der Waals surface area (Å²) >= 11 is 4.66. The molecular formula is C16H14N2O3S4. The van der Waals surface area contributed by atoms with Gasteiger partial charge in [0.25, 0.3) is 0 Å². The van der Waals surface area contributed by atoms with Gasteiger partial charge in [0.15, 0.2) is 15.0 Å². The normalized spacial score (nSPS) is 19.1. The summed E-state index contributed by atoms with van der Waals surface area (Å²) in [7, 11) is -3.08. The van der Waals surface area contributed by atoms with Crippen molar-refractivity contribution < 1.29 is 13.2 Å². The fourth-order valence-electron chi connectivity index (χ4n) is 2.74. The van der Waals surface area contributed by atoms with Crippen LogP contribution in [0.2, 0.25) is 0 Å². The summed E-state index contributed by atoms with van der Waals surface area (Å²) in [5, 5.41) is 7.34. The third-order valence-electron chi connectivity index (χ3n) is 3.96. The smallest absolute Gasteiger partial charge is 0.230 e. The molecule has 4 rings (SSSR count). The van der Waals surface area contributed by atoms with Crippen molar-refractivity contribution in [2.24, 2.45) is 5.92 Å². The monoisotopic (exact) mass is 410 g/mol. The Balaban J connectivity index is 1.63. The minimum absolute atomic E-state index is 0.0697. The Morgan fingerprint density at radius 3 is 2.48 bits per heavy atom. The van der Waals surface area contributed by atoms with Gasteiger partial charge >= 0.3 is 0 Å². The van der Waals surface area contributed by atoms with Gasteiger partial charge in [0.1, 0.15) is 5.69 Å². The van der Waals surface area contributed by atoms with Gasteiger partial charge in [-0.2, -0.15) is 0 Å². The molecule has 1 unspecified atom stereocenters. The largest absolute Gasteiger partial charge is 0.302 e. The third-order valence-corrected chi connectivity index (χ3v) is 8.63. The van der Waals surface area contributed by atoms with E-state index in [0.717, 1.165) is 20.3 Å². The van der Waals surface area contributed by atoms with E-state index in [4.69, 9.17) is 0 Å². The predicted molar refractivity (Wildman–Crippen MR) is 104 cm³/mol. The molecular weight excluding hydrogens is 396 g/mol. The topological polar surface area (TPSA) is 76.1 Å². The molecule has 1 saturated heterocycles. The molecule has 0 spiro atoms. The zero-order valence-electron chi connectivity index (χ0n) is 13.0. The van der Waals surface area contributed by atoms with Crippen molar-refractivity contribution in [2.45, 2.75) is 6.42 Å². The van der Waals surface area contributed by atoms with Crippen molar-refractivity contribution in [3.8, 4) is 20.3 Å². The molecule has 0 aromatic carbocycles. The highest BCUT2D eigenvalue weighted by molar-refractivity contribution is 7.91. The molecule has 1 fully saturated rings. The van der Waals surface area contributed by atoms with E-state index in [0.29, 0.717) is 11.6 Å². The van der Waals surface area contributed by atoms with E-state index < -0.39 is 15.8 Å². The first-order valence-electron chi connectivity index (χ1n) is 7.62. The number of anilines is 1. The van der Waals surface area contributed by atoms with Gasteiger partial charge in [0, 0.05) is 4.88 Å². The van der Waals surface area contributed by atoms with Crippen LogP contribution in [0, 0.1) is 5.92 Å². The average molecular weight is 411 g/mol. The number of aromatic nitrogens is 1. The molecule has 0 bridgehead atoms. The van der Waals surface area contributed by atoms with Gasteiger partial charge in [0.05, 0.1) is 27.2 Å². The Morgan fingerprint density at radius 1 is 1.16 bits per heavy atom. The minimum Gasteiger partial charge on any atom is -0.302 e. The molecule has 3 aromatic rings. The van der Waals surface area contributed by atoms with Crippen LogP contribution in [-0.4, -0.2) is 30.8 Å². The van der Waals surface area contributed by atoms with E-state index in [2.05, 4.69) is 10.3 Å². The fraction of sp³-hybridized carbons (Fsp3) is 0.250. The third kappa shape index (κ3) is 3.55. The number of hydrogen-bond donors (Lipinski definition) is 1. The van der Waals surface area contributed by atoms with Crippen LogP contribution in [-0.2, 0) is 14.6 Å². The Kier molecular flexibility index (Phi) is 4.48. The van der Waals surface area contributed by atoms with Crippen molar-refractivity contribution in [1.82, 2.24) is 4.98 Å². The van der Waals surface area contributed by atoms with Crippen molar-refractivity contribution >= 4 is 54.9 Å². The number of hydrogen-bond acceptors (Lipinski definition) is 7. The lowest BCUT2D eigenvalue weighted by atomic mass is 10.1. The number of rotatable bonds is 4. The van der Waals surface area contributed by atoms with Crippen LogP contribution in [0.1, 0.15) is 6.42 Å². The summed E-state index contributed by atoms with van der Waals surface area (Å²) in [5.41, 5.74) is 0.858. The van der Waals surface area contributed by atoms with Gasteiger partial charge in [-0.05, 0) is 29.3 Å². The highest BCUT2D eigenvalue weighted by Crippen LogP contribution is 2.42. The molecule has 4 heterocycles. The Bertz CT molecular complexity index is 937. The molecule has 3 aromatic heterocycles. The maximum absolute atomic E-state index is 12.4. The highest BCUT2D eigenvalue weighted by Gasteiger charge is 2.33. The molecule has 1 aliphatic heterocycles. The second kappa shape index (κ2) is 6.64. The van der Waals surface area contributed by atoms with E-state index in [1.165, 1.54) is 11.3 Å². The summed E-state index contributed by atoms with van der Waals surface area (Å²) < 4.78 is 23.2. The molecule has 5 nitrogen and oxygen atoms in total. The number of carbonyl (C=O) groups is 1. The minimum atomic E-state index is -3.08. The molecule has 1 aliphatic rings. The molecule has 0 radical (unpaired) electrons. The summed E-state index contributed by atoms with van der Waals surface area (Å²) in [6.07, 6.45) is 0.384. The van der Waals surface area contributed by atoms with Gasteiger partial charge in [-0.1, -0.05) is 23.5 Å². The van der Waals surface area contributed by atoms with Crippen molar-refractivity contribution in [3.63, 3.8) is 0 Å². The number of nitrogens with zero attached hydrogens (tertiary/aromatic N) is 1. The summed E-state index contributed by atoms with van der Waals surface area (Å²) in [6, 6.07) is 8.00. The van der Waals surface area contributed by atoms with Crippen LogP contribution in [0.15, 0.2) is 35.0 Å². The molecule has 9 heteroatoms. The number of thiazole rings is 1. The van der Waals surface area contributed by atoms with Gasteiger partial charge in [-0.25, -0.2) is 13.4 Å². The first-order valence-corrected chi connectivity index (χ1v) is 12.0. The number of amides is 1. The van der Waals surface area contributed by atoms with Crippen LogP contribution in [0.25, 0.3) is 20.3 Å².